The van der Waals surface area contributed by atoms with Crippen LogP contribution in [-0.2, 0) is 4.79 Å². The van der Waals surface area contributed by atoms with Crippen LogP contribution >= 0.6 is 11.3 Å². The quantitative estimate of drug-likeness (QED) is 0.792. The van der Waals surface area contributed by atoms with E-state index in [4.69, 9.17) is 5.73 Å². The van der Waals surface area contributed by atoms with Crippen LogP contribution in [0.25, 0.3) is 11.1 Å². The number of likely N-dealkylation sites (N-methyl/N-ethyl adjacent to an activating group) is 1. The first-order valence-electron chi connectivity index (χ1n) is 7.49. The number of nitrogens with zero attached hydrogens (tertiary/aromatic N) is 1. The molecule has 0 saturated heterocycles. The lowest BCUT2D eigenvalue weighted by Crippen LogP contribution is -2.12. The minimum absolute atomic E-state index is 0.172. The summed E-state index contributed by atoms with van der Waals surface area (Å²) in [4.78, 5) is 26.9. The Hall–Kier alpha value is -2.44. The molecule has 24 heavy (non-hydrogen) atoms. The number of nitrogens with one attached hydrogen (secondary N) is 1. The van der Waals surface area contributed by atoms with Gasteiger partial charge >= 0.3 is 0 Å². The third-order valence-electron chi connectivity index (χ3n) is 3.28. The molecule has 0 unspecified atom stereocenters. The molecule has 2 amide bonds. The van der Waals surface area contributed by atoms with Crippen molar-refractivity contribution >= 4 is 28.8 Å². The van der Waals surface area contributed by atoms with Crippen LogP contribution in [0.4, 0.5) is 5.69 Å². The molecule has 6 heteroatoms. The van der Waals surface area contributed by atoms with E-state index in [1.807, 2.05) is 56.3 Å². The Kier molecular flexibility index (Phi) is 5.89. The van der Waals surface area contributed by atoms with E-state index in [1.165, 1.54) is 17.4 Å². The van der Waals surface area contributed by atoms with Crippen molar-refractivity contribution in [1.82, 2.24) is 4.90 Å². The van der Waals surface area contributed by atoms with E-state index in [-0.39, 0.29) is 5.91 Å². The number of carbonyl (C=O) groups is 2. The Labute approximate surface area is 145 Å². The van der Waals surface area contributed by atoms with Gasteiger partial charge in [0.25, 0.3) is 5.91 Å². The third kappa shape index (κ3) is 4.78. The van der Waals surface area contributed by atoms with E-state index in [0.717, 1.165) is 16.0 Å². The fourth-order valence-electron chi connectivity index (χ4n) is 2.20. The number of hydrogen-bond donors (Lipinski definition) is 2. The predicted octanol–water partition coefficient (Wildman–Crippen LogP) is 2.88. The van der Waals surface area contributed by atoms with Crippen molar-refractivity contribution in [2.75, 3.05) is 26.0 Å². The molecule has 126 valence electrons. The summed E-state index contributed by atoms with van der Waals surface area (Å²) in [6, 6.07) is 9.30. The second kappa shape index (κ2) is 7.90. The van der Waals surface area contributed by atoms with Crippen LogP contribution < -0.4 is 11.1 Å². The molecule has 0 aliphatic heterocycles. The zero-order chi connectivity index (χ0) is 17.7. The minimum atomic E-state index is -0.425. The second-order valence-corrected chi connectivity index (χ2v) is 6.95. The van der Waals surface area contributed by atoms with E-state index in [1.54, 1.807) is 6.08 Å². The van der Waals surface area contributed by atoms with Crippen LogP contribution in [0, 0.1) is 6.92 Å². The Bertz CT molecular complexity index is 761. The standard InChI is InChI=1S/C18H21N3O2S/c1-12-11-15(17(24-12)18(19)23)13-6-8-14(9-7-13)20-16(22)5-4-10-21(2)3/h4-9,11H,10H2,1-3H3,(H2,19,23)(H,20,22). The molecule has 1 aromatic heterocycles. The number of aryl methyl sites for hydroxylation is 1. The van der Waals surface area contributed by atoms with Gasteiger partial charge in [0, 0.05) is 28.7 Å². The summed E-state index contributed by atoms with van der Waals surface area (Å²) in [6.45, 7) is 2.65. The van der Waals surface area contributed by atoms with Crippen molar-refractivity contribution in [3.8, 4) is 11.1 Å². The lowest BCUT2D eigenvalue weighted by molar-refractivity contribution is -0.111. The van der Waals surface area contributed by atoms with Crippen LogP contribution in [0.1, 0.15) is 14.5 Å². The second-order valence-electron chi connectivity index (χ2n) is 5.70. The van der Waals surface area contributed by atoms with Gasteiger partial charge in [-0.05, 0) is 44.8 Å². The van der Waals surface area contributed by atoms with Gasteiger partial charge in [-0.2, -0.15) is 0 Å². The van der Waals surface area contributed by atoms with Crippen LogP contribution in [-0.4, -0.2) is 37.4 Å². The van der Waals surface area contributed by atoms with Crippen LogP contribution in [0.2, 0.25) is 0 Å². The first-order valence-corrected chi connectivity index (χ1v) is 8.31. The molecule has 0 aliphatic rings. The number of hydrogen-bond acceptors (Lipinski definition) is 4. The molecular formula is C18H21N3O2S. The summed E-state index contributed by atoms with van der Waals surface area (Å²) in [5.74, 6) is -0.597. The number of nitrogens with two attached hydrogens (primary N) is 1. The molecule has 0 fully saturated rings. The molecule has 5 nitrogen and oxygen atoms in total. The van der Waals surface area contributed by atoms with Crippen molar-refractivity contribution < 1.29 is 9.59 Å². The molecule has 3 N–H and O–H groups in total. The molecule has 0 radical (unpaired) electrons. The van der Waals surface area contributed by atoms with E-state index >= 15 is 0 Å². The van der Waals surface area contributed by atoms with Gasteiger partial charge in [0.1, 0.15) is 0 Å². The number of carbonyl (C=O) groups excluding carboxylic acids is 2. The van der Waals surface area contributed by atoms with Crippen molar-refractivity contribution in [3.63, 3.8) is 0 Å². The van der Waals surface area contributed by atoms with Crippen molar-refractivity contribution in [2.45, 2.75) is 6.92 Å². The molecule has 0 spiro atoms. The van der Waals surface area contributed by atoms with Crippen LogP contribution in [0.5, 0.6) is 0 Å². The van der Waals surface area contributed by atoms with Gasteiger partial charge < -0.3 is 16.0 Å². The highest BCUT2D eigenvalue weighted by atomic mass is 32.1. The lowest BCUT2D eigenvalue weighted by atomic mass is 10.1. The van der Waals surface area contributed by atoms with E-state index in [0.29, 0.717) is 17.1 Å². The van der Waals surface area contributed by atoms with E-state index < -0.39 is 5.91 Å². The largest absolute Gasteiger partial charge is 0.365 e. The third-order valence-corrected chi connectivity index (χ3v) is 4.35. The molecule has 1 aromatic carbocycles. The monoisotopic (exact) mass is 343 g/mol. The molecule has 1 heterocycles. The van der Waals surface area contributed by atoms with E-state index in [2.05, 4.69) is 5.32 Å². The van der Waals surface area contributed by atoms with Crippen LogP contribution in [0.15, 0.2) is 42.5 Å². The van der Waals surface area contributed by atoms with Gasteiger partial charge in [0.15, 0.2) is 0 Å². The normalized spacial score (nSPS) is 11.2. The summed E-state index contributed by atoms with van der Waals surface area (Å²) in [7, 11) is 3.88. The van der Waals surface area contributed by atoms with Gasteiger partial charge in [-0.15, -0.1) is 11.3 Å². The molecule has 2 aromatic rings. The van der Waals surface area contributed by atoms with E-state index in [9.17, 15) is 9.59 Å². The Morgan fingerprint density at radius 2 is 1.92 bits per heavy atom. The lowest BCUT2D eigenvalue weighted by Gasteiger charge is -2.06. The Morgan fingerprint density at radius 1 is 1.25 bits per heavy atom. The number of anilines is 1. The number of primary amides is 1. The first-order chi connectivity index (χ1) is 11.4. The molecule has 0 saturated carbocycles. The number of rotatable bonds is 6. The fraction of sp³-hybridized carbons (Fsp3) is 0.222. The number of amides is 2. The van der Waals surface area contributed by atoms with Gasteiger partial charge in [0.05, 0.1) is 4.88 Å². The first kappa shape index (κ1) is 17.9. The highest BCUT2D eigenvalue weighted by molar-refractivity contribution is 7.14. The van der Waals surface area contributed by atoms with Crippen LogP contribution in [0.3, 0.4) is 0 Å². The summed E-state index contributed by atoms with van der Waals surface area (Å²) < 4.78 is 0. The SMILES string of the molecule is Cc1cc(-c2ccc(NC(=O)C=CCN(C)C)cc2)c(C(N)=O)s1. The average molecular weight is 343 g/mol. The zero-order valence-corrected chi connectivity index (χ0v) is 14.8. The topological polar surface area (TPSA) is 75.4 Å². The summed E-state index contributed by atoms with van der Waals surface area (Å²) in [5, 5.41) is 2.80. The Balaban J connectivity index is 2.10. The smallest absolute Gasteiger partial charge is 0.259 e. The summed E-state index contributed by atoms with van der Waals surface area (Å²) in [6.07, 6.45) is 3.32. The summed E-state index contributed by atoms with van der Waals surface area (Å²) >= 11 is 1.39. The maximum atomic E-state index is 11.8. The maximum absolute atomic E-state index is 11.8. The fourth-order valence-corrected chi connectivity index (χ4v) is 3.09. The van der Waals surface area contributed by atoms with Gasteiger partial charge in [-0.25, -0.2) is 0 Å². The highest BCUT2D eigenvalue weighted by Gasteiger charge is 2.13. The highest BCUT2D eigenvalue weighted by Crippen LogP contribution is 2.31. The average Bonchev–Trinajstić information content (AvgIpc) is 2.90. The number of benzene rings is 1. The maximum Gasteiger partial charge on any atom is 0.259 e. The molecule has 0 aliphatic carbocycles. The predicted molar refractivity (Wildman–Crippen MR) is 99.3 cm³/mol. The molecular weight excluding hydrogens is 322 g/mol. The van der Waals surface area contributed by atoms with Crippen molar-refractivity contribution in [3.05, 3.63) is 52.2 Å². The molecule has 0 atom stereocenters. The minimum Gasteiger partial charge on any atom is -0.365 e. The van der Waals surface area contributed by atoms with Gasteiger partial charge in [-0.3, -0.25) is 9.59 Å². The van der Waals surface area contributed by atoms with Gasteiger partial charge in [0.2, 0.25) is 5.91 Å². The summed E-state index contributed by atoms with van der Waals surface area (Å²) in [5.41, 5.74) is 7.86. The molecule has 0 bridgehead atoms. The zero-order valence-electron chi connectivity index (χ0n) is 14.0. The number of thiophene rings is 1. The van der Waals surface area contributed by atoms with Crippen molar-refractivity contribution in [1.29, 1.82) is 0 Å². The van der Waals surface area contributed by atoms with Crippen molar-refractivity contribution in [2.24, 2.45) is 5.73 Å². The molecule has 2 rings (SSSR count). The Morgan fingerprint density at radius 3 is 2.50 bits per heavy atom. The van der Waals surface area contributed by atoms with Gasteiger partial charge in [-0.1, -0.05) is 18.2 Å².